The topological polar surface area (TPSA) is 0 Å². The van der Waals surface area contributed by atoms with Gasteiger partial charge < -0.3 is 0 Å². The Bertz CT molecular complexity index is 271. The fourth-order valence-corrected chi connectivity index (χ4v) is 4.56. The minimum absolute atomic E-state index is 0.802. The minimum Gasteiger partial charge on any atom is -0.127 e. The molecule has 0 N–H and O–H groups in total. The van der Waals surface area contributed by atoms with Crippen LogP contribution in [0.5, 0.6) is 0 Å². The highest BCUT2D eigenvalue weighted by atomic mass is 35.5. The Morgan fingerprint density at radius 3 is 2.40 bits per heavy atom. The van der Waals surface area contributed by atoms with Gasteiger partial charge in [-0.1, -0.05) is 42.6 Å². The van der Waals surface area contributed by atoms with Gasteiger partial charge in [0.25, 0.3) is 0 Å². The van der Waals surface area contributed by atoms with Crippen LogP contribution >= 0.6 is 11.6 Å². The van der Waals surface area contributed by atoms with E-state index in [-0.39, 0.29) is 0 Å². The summed E-state index contributed by atoms with van der Waals surface area (Å²) < 4.78 is 0. The Hall–Kier alpha value is -0.0131. The Morgan fingerprint density at radius 2 is 1.87 bits per heavy atom. The fraction of sp³-hybridized carbons (Fsp3) is 0.692. The van der Waals surface area contributed by atoms with Gasteiger partial charge in [-0.3, -0.25) is 0 Å². The summed E-state index contributed by atoms with van der Waals surface area (Å²) in [6.07, 6.45) is 6.01. The van der Waals surface area contributed by atoms with Crippen molar-refractivity contribution in [3.05, 3.63) is 22.9 Å². The molecule has 0 aromatic heterocycles. The molecular formula is C13H23ClSi. The SMILES string of the molecule is C=C1CC(CCCCCl)=C([Si](C)(C)C)C1. The number of allylic oxidation sites excluding steroid dienone is 3. The molecule has 1 aliphatic carbocycles. The molecule has 0 saturated heterocycles. The van der Waals surface area contributed by atoms with Crippen molar-refractivity contribution in [3.63, 3.8) is 0 Å². The molecule has 0 spiro atoms. The fourth-order valence-electron chi connectivity index (χ4n) is 2.31. The lowest BCUT2D eigenvalue weighted by atomic mass is 10.1. The normalized spacial score (nSPS) is 17.7. The lowest BCUT2D eigenvalue weighted by Gasteiger charge is -2.20. The summed E-state index contributed by atoms with van der Waals surface area (Å²) in [6.45, 7) is 11.5. The maximum Gasteiger partial charge on any atom is 0.0728 e. The highest BCUT2D eigenvalue weighted by Crippen LogP contribution is 2.37. The van der Waals surface area contributed by atoms with Gasteiger partial charge in [-0.15, -0.1) is 11.6 Å². The molecule has 0 nitrogen and oxygen atoms in total. The van der Waals surface area contributed by atoms with Crippen LogP contribution in [-0.4, -0.2) is 14.0 Å². The van der Waals surface area contributed by atoms with Crippen LogP contribution in [0.1, 0.15) is 32.1 Å². The Balaban J connectivity index is 2.67. The molecule has 0 heterocycles. The van der Waals surface area contributed by atoms with E-state index in [9.17, 15) is 0 Å². The first-order chi connectivity index (χ1) is 6.95. The Kier molecular flexibility index (Phi) is 4.66. The van der Waals surface area contributed by atoms with Crippen molar-refractivity contribution >= 4 is 19.7 Å². The van der Waals surface area contributed by atoms with Gasteiger partial charge in [-0.25, -0.2) is 0 Å². The number of alkyl halides is 1. The van der Waals surface area contributed by atoms with Crippen LogP contribution in [0.2, 0.25) is 19.6 Å². The van der Waals surface area contributed by atoms with Crippen LogP contribution < -0.4 is 0 Å². The van der Waals surface area contributed by atoms with Crippen LogP contribution in [-0.2, 0) is 0 Å². The zero-order chi connectivity index (χ0) is 11.5. The van der Waals surface area contributed by atoms with Crippen molar-refractivity contribution in [2.75, 3.05) is 5.88 Å². The quantitative estimate of drug-likeness (QED) is 0.278. The number of halogens is 1. The van der Waals surface area contributed by atoms with Gasteiger partial charge in [0, 0.05) is 5.88 Å². The van der Waals surface area contributed by atoms with E-state index in [0.29, 0.717) is 0 Å². The monoisotopic (exact) mass is 242 g/mol. The van der Waals surface area contributed by atoms with E-state index in [0.717, 1.165) is 12.3 Å². The van der Waals surface area contributed by atoms with Gasteiger partial charge in [0.1, 0.15) is 0 Å². The zero-order valence-electron chi connectivity index (χ0n) is 10.3. The molecule has 0 aromatic carbocycles. The highest BCUT2D eigenvalue weighted by molar-refractivity contribution is 6.83. The average Bonchev–Trinajstić information content (AvgIpc) is 2.47. The largest absolute Gasteiger partial charge is 0.127 e. The van der Waals surface area contributed by atoms with E-state index < -0.39 is 8.07 Å². The van der Waals surface area contributed by atoms with Gasteiger partial charge >= 0.3 is 0 Å². The van der Waals surface area contributed by atoms with E-state index in [1.165, 1.54) is 31.3 Å². The maximum atomic E-state index is 5.72. The molecule has 0 amide bonds. The first-order valence-corrected chi connectivity index (χ1v) is 9.92. The van der Waals surface area contributed by atoms with Crippen LogP contribution in [0.3, 0.4) is 0 Å². The van der Waals surface area contributed by atoms with E-state index in [2.05, 4.69) is 26.2 Å². The molecule has 0 bridgehead atoms. The van der Waals surface area contributed by atoms with Crippen molar-refractivity contribution < 1.29 is 0 Å². The summed E-state index contributed by atoms with van der Waals surface area (Å²) in [6, 6.07) is 0. The zero-order valence-corrected chi connectivity index (χ0v) is 12.1. The summed E-state index contributed by atoms with van der Waals surface area (Å²) in [5, 5.41) is 1.77. The molecule has 15 heavy (non-hydrogen) atoms. The summed E-state index contributed by atoms with van der Waals surface area (Å²) in [5.74, 6) is 0.802. The van der Waals surface area contributed by atoms with Gasteiger partial charge in [-0.05, 0) is 32.1 Å². The summed E-state index contributed by atoms with van der Waals surface area (Å²) in [7, 11) is -1.10. The number of hydrogen-bond donors (Lipinski definition) is 0. The van der Waals surface area contributed by atoms with E-state index in [1.807, 2.05) is 0 Å². The molecule has 86 valence electrons. The Labute approximate surface area is 100 Å². The van der Waals surface area contributed by atoms with Crippen molar-refractivity contribution in [1.82, 2.24) is 0 Å². The van der Waals surface area contributed by atoms with Gasteiger partial charge in [0.2, 0.25) is 0 Å². The molecule has 0 atom stereocenters. The second kappa shape index (κ2) is 5.36. The first kappa shape index (κ1) is 13.1. The molecule has 0 aliphatic heterocycles. The molecular weight excluding hydrogens is 220 g/mol. The lowest BCUT2D eigenvalue weighted by Crippen LogP contribution is -2.23. The number of unbranched alkanes of at least 4 members (excludes halogenated alkanes) is 1. The smallest absolute Gasteiger partial charge is 0.0728 e. The number of rotatable bonds is 5. The lowest BCUT2D eigenvalue weighted by molar-refractivity contribution is 0.781. The second-order valence-electron chi connectivity index (χ2n) is 5.58. The highest BCUT2D eigenvalue weighted by Gasteiger charge is 2.27. The molecule has 0 unspecified atom stereocenters. The van der Waals surface area contributed by atoms with Crippen LogP contribution in [0.4, 0.5) is 0 Å². The second-order valence-corrected chi connectivity index (χ2v) is 11.1. The molecule has 0 aromatic rings. The average molecular weight is 243 g/mol. The van der Waals surface area contributed by atoms with E-state index in [4.69, 9.17) is 11.6 Å². The summed E-state index contributed by atoms with van der Waals surface area (Å²) >= 11 is 5.72. The molecule has 0 fully saturated rings. The number of hydrogen-bond acceptors (Lipinski definition) is 0. The van der Waals surface area contributed by atoms with E-state index in [1.54, 1.807) is 10.8 Å². The van der Waals surface area contributed by atoms with Crippen LogP contribution in [0.25, 0.3) is 0 Å². The van der Waals surface area contributed by atoms with Gasteiger partial charge in [-0.2, -0.15) is 0 Å². The predicted octanol–water partition coefficient (Wildman–Crippen LogP) is 4.92. The third-order valence-corrected chi connectivity index (χ3v) is 5.69. The van der Waals surface area contributed by atoms with Crippen molar-refractivity contribution in [2.24, 2.45) is 0 Å². The van der Waals surface area contributed by atoms with Gasteiger partial charge in [0.05, 0.1) is 8.07 Å². The summed E-state index contributed by atoms with van der Waals surface area (Å²) in [4.78, 5) is 0. The van der Waals surface area contributed by atoms with Gasteiger partial charge in [0.15, 0.2) is 0 Å². The van der Waals surface area contributed by atoms with Crippen LogP contribution in [0.15, 0.2) is 22.9 Å². The molecule has 1 aliphatic rings. The van der Waals surface area contributed by atoms with Crippen molar-refractivity contribution in [1.29, 1.82) is 0 Å². The van der Waals surface area contributed by atoms with Crippen LogP contribution in [0, 0.1) is 0 Å². The predicted molar refractivity (Wildman–Crippen MR) is 73.3 cm³/mol. The standard InChI is InChI=1S/C13H23ClSi/c1-11-9-12(7-5-6-8-14)13(10-11)15(2,3)4/h1,5-10H2,2-4H3. The molecule has 0 saturated carbocycles. The summed E-state index contributed by atoms with van der Waals surface area (Å²) in [5.41, 5.74) is 3.12. The third kappa shape index (κ3) is 3.80. The molecule has 0 radical (unpaired) electrons. The Morgan fingerprint density at radius 1 is 1.20 bits per heavy atom. The first-order valence-electron chi connectivity index (χ1n) is 5.89. The third-order valence-electron chi connectivity index (χ3n) is 3.08. The van der Waals surface area contributed by atoms with E-state index >= 15 is 0 Å². The maximum absolute atomic E-state index is 5.72. The minimum atomic E-state index is -1.10. The van der Waals surface area contributed by atoms with Crippen molar-refractivity contribution in [3.8, 4) is 0 Å². The molecule has 1 rings (SSSR count). The molecule has 2 heteroatoms. The van der Waals surface area contributed by atoms with Crippen molar-refractivity contribution in [2.45, 2.75) is 51.7 Å².